The van der Waals surface area contributed by atoms with Crippen LogP contribution in [0, 0.1) is 0 Å². The van der Waals surface area contributed by atoms with Gasteiger partial charge in [-0.2, -0.15) is 5.10 Å². The van der Waals surface area contributed by atoms with Crippen LogP contribution in [0.25, 0.3) is 10.8 Å². The summed E-state index contributed by atoms with van der Waals surface area (Å²) in [6.45, 7) is 0.135. The molecule has 12 heteroatoms. The second-order valence-electron chi connectivity index (χ2n) is 8.85. The highest BCUT2D eigenvalue weighted by atomic mass is 32.1. The zero-order valence-corrected chi connectivity index (χ0v) is 20.7. The van der Waals surface area contributed by atoms with Gasteiger partial charge in [-0.15, -0.1) is 11.3 Å². The van der Waals surface area contributed by atoms with E-state index in [1.54, 1.807) is 11.4 Å². The number of piperidine rings is 1. The van der Waals surface area contributed by atoms with Gasteiger partial charge in [0.1, 0.15) is 23.7 Å². The zero-order valence-electron chi connectivity index (χ0n) is 19.9. The van der Waals surface area contributed by atoms with Crippen LogP contribution in [0.1, 0.15) is 58.5 Å². The fraction of sp³-hybridized carbons (Fsp3) is 0.308. The van der Waals surface area contributed by atoms with Gasteiger partial charge in [0.05, 0.1) is 5.01 Å². The van der Waals surface area contributed by atoms with Crippen LogP contribution in [0.2, 0.25) is 0 Å². The molecule has 38 heavy (non-hydrogen) atoms. The number of aromatic nitrogens is 3. The lowest BCUT2D eigenvalue weighted by Crippen LogP contribution is -2.40. The molecular weight excluding hydrogens is 524 g/mol. The highest BCUT2D eigenvalue weighted by Crippen LogP contribution is 2.32. The van der Waals surface area contributed by atoms with Crippen LogP contribution in [0.15, 0.2) is 53.9 Å². The normalized spacial score (nSPS) is 14.5. The van der Waals surface area contributed by atoms with E-state index in [1.165, 1.54) is 16.2 Å². The maximum Gasteiger partial charge on any atom is 0.363 e. The predicted octanol–water partition coefficient (Wildman–Crippen LogP) is 5.99. The maximum absolute atomic E-state index is 13.2. The molecule has 3 heterocycles. The second-order valence-corrected chi connectivity index (χ2v) is 9.74. The molecule has 0 radical (unpaired) electrons. The lowest BCUT2D eigenvalue weighted by molar-refractivity contribution is -0.133. The Hall–Kier alpha value is -3.80. The van der Waals surface area contributed by atoms with E-state index >= 15 is 0 Å². The van der Waals surface area contributed by atoms with Crippen LogP contribution in [0.3, 0.4) is 0 Å². The number of alkyl halides is 4. The molecule has 2 aromatic heterocycles. The first kappa shape index (κ1) is 25.8. The van der Waals surface area contributed by atoms with Crippen molar-refractivity contribution in [2.24, 2.45) is 0 Å². The number of ether oxygens (including phenoxy) is 1. The minimum Gasteiger partial charge on any atom is -0.421 e. The van der Waals surface area contributed by atoms with Crippen molar-refractivity contribution in [3.05, 3.63) is 76.0 Å². The molecule has 0 unspecified atom stereocenters. The summed E-state index contributed by atoms with van der Waals surface area (Å²) in [5, 5.41) is 7.64. The van der Waals surface area contributed by atoms with E-state index in [0.717, 1.165) is 15.8 Å². The van der Waals surface area contributed by atoms with Gasteiger partial charge in [0.25, 0.3) is 12.9 Å². The quantitative estimate of drug-likeness (QED) is 0.162. The van der Waals surface area contributed by atoms with Crippen molar-refractivity contribution in [2.45, 2.75) is 38.2 Å². The minimum atomic E-state index is -3.03. The van der Waals surface area contributed by atoms with E-state index < -0.39 is 42.7 Å². The molecule has 0 N–H and O–H groups in total. The number of likely N-dealkylation sites (tertiary alicyclic amines) is 1. The summed E-state index contributed by atoms with van der Waals surface area (Å²) >= 11 is 1.34. The number of benzene rings is 2. The lowest BCUT2D eigenvalue weighted by atomic mass is 9.97. The largest absolute Gasteiger partial charge is 0.421 e. The number of fused-ring (bicyclic) bond motifs is 1. The molecule has 4 aromatic rings. The summed E-state index contributed by atoms with van der Waals surface area (Å²) in [6, 6.07) is 13.7. The van der Waals surface area contributed by atoms with Crippen molar-refractivity contribution in [2.75, 3.05) is 13.1 Å². The molecule has 1 aliphatic rings. The van der Waals surface area contributed by atoms with E-state index in [9.17, 15) is 27.2 Å². The molecule has 0 saturated carbocycles. The smallest absolute Gasteiger partial charge is 0.363 e. The number of carbonyl (C=O) groups is 2. The van der Waals surface area contributed by atoms with Crippen molar-refractivity contribution < 1.29 is 31.9 Å². The molecule has 1 aliphatic heterocycles. The highest BCUT2D eigenvalue weighted by Gasteiger charge is 2.29. The number of nitrogens with zero attached hydrogens (tertiary/aromatic N) is 4. The number of halogens is 4. The lowest BCUT2D eigenvalue weighted by Gasteiger charge is -2.31. The Balaban J connectivity index is 1.19. The van der Waals surface area contributed by atoms with E-state index in [-0.39, 0.29) is 11.6 Å². The molecule has 198 valence electrons. The first-order chi connectivity index (χ1) is 18.3. The van der Waals surface area contributed by atoms with Gasteiger partial charge in [-0.25, -0.2) is 27.3 Å². The standard InChI is InChI=1S/C26H22F4N4O3S/c27-23(28)18-12-20(24(29)30)34(32-18)13-22(35)33-10-8-16(9-11-33)25-31-19(14-38-25)26(36)37-21-7-3-5-15-4-1-2-6-17(15)21/h1-7,12,14,16,23-24H,8-11,13H2. The molecule has 0 bridgehead atoms. The number of esters is 1. The average molecular weight is 547 g/mol. The maximum atomic E-state index is 13.2. The third-order valence-electron chi connectivity index (χ3n) is 6.44. The molecule has 5 rings (SSSR count). The Labute approximate surface area is 218 Å². The Kier molecular flexibility index (Phi) is 7.41. The van der Waals surface area contributed by atoms with Gasteiger partial charge in [0, 0.05) is 29.8 Å². The number of hydrogen-bond donors (Lipinski definition) is 0. The van der Waals surface area contributed by atoms with Crippen molar-refractivity contribution in [1.82, 2.24) is 19.7 Å². The number of amides is 1. The summed E-state index contributed by atoms with van der Waals surface area (Å²) in [5.41, 5.74) is -1.30. The van der Waals surface area contributed by atoms with Crippen molar-refractivity contribution in [3.8, 4) is 5.75 Å². The second kappa shape index (κ2) is 10.9. The van der Waals surface area contributed by atoms with Crippen LogP contribution in [-0.4, -0.2) is 44.6 Å². The third-order valence-corrected chi connectivity index (χ3v) is 7.45. The van der Waals surface area contributed by atoms with Crippen molar-refractivity contribution in [1.29, 1.82) is 0 Å². The zero-order chi connectivity index (χ0) is 26.8. The average Bonchev–Trinajstić information content (AvgIpc) is 3.57. The van der Waals surface area contributed by atoms with Crippen LogP contribution in [0.4, 0.5) is 17.6 Å². The van der Waals surface area contributed by atoms with E-state index in [1.807, 2.05) is 36.4 Å². The predicted molar refractivity (Wildman–Crippen MR) is 132 cm³/mol. The molecule has 1 fully saturated rings. The Bertz CT molecular complexity index is 1460. The fourth-order valence-corrected chi connectivity index (χ4v) is 5.43. The Morgan fingerprint density at radius 3 is 2.50 bits per heavy atom. The molecular formula is C26H22F4N4O3S. The van der Waals surface area contributed by atoms with Crippen LogP contribution >= 0.6 is 11.3 Å². The molecule has 1 amide bonds. The van der Waals surface area contributed by atoms with Crippen LogP contribution in [0.5, 0.6) is 5.75 Å². The third kappa shape index (κ3) is 5.40. The van der Waals surface area contributed by atoms with Gasteiger partial charge < -0.3 is 9.64 Å². The Morgan fingerprint density at radius 1 is 1.03 bits per heavy atom. The van der Waals surface area contributed by atoms with Gasteiger partial charge in [-0.3, -0.25) is 9.48 Å². The number of hydrogen-bond acceptors (Lipinski definition) is 6. The summed E-state index contributed by atoms with van der Waals surface area (Å²) in [6.07, 6.45) is -4.92. The molecule has 0 aliphatic carbocycles. The van der Waals surface area contributed by atoms with E-state index in [0.29, 0.717) is 42.4 Å². The topological polar surface area (TPSA) is 77.3 Å². The molecule has 0 spiro atoms. The van der Waals surface area contributed by atoms with E-state index in [4.69, 9.17) is 4.74 Å². The van der Waals surface area contributed by atoms with Crippen molar-refractivity contribution in [3.63, 3.8) is 0 Å². The number of carbonyl (C=O) groups excluding carboxylic acids is 2. The van der Waals surface area contributed by atoms with Gasteiger partial charge in [-0.05, 0) is 30.4 Å². The van der Waals surface area contributed by atoms with Gasteiger partial charge in [0.15, 0.2) is 5.69 Å². The first-order valence-corrected chi connectivity index (χ1v) is 12.7. The molecule has 0 atom stereocenters. The molecule has 1 saturated heterocycles. The van der Waals surface area contributed by atoms with Crippen LogP contribution in [-0.2, 0) is 11.3 Å². The summed E-state index contributed by atoms with van der Waals surface area (Å²) in [5.74, 6) is -0.585. The van der Waals surface area contributed by atoms with Crippen LogP contribution < -0.4 is 4.74 Å². The number of rotatable bonds is 7. The van der Waals surface area contributed by atoms with E-state index in [2.05, 4.69) is 10.1 Å². The first-order valence-electron chi connectivity index (χ1n) is 11.9. The SMILES string of the molecule is O=C(Oc1cccc2ccccc12)c1csc(C2CCN(C(=O)Cn3nc(C(F)F)cc3C(F)F)CC2)n1. The molecule has 2 aromatic carbocycles. The van der Waals surface area contributed by atoms with Crippen molar-refractivity contribution >= 4 is 34.0 Å². The summed E-state index contributed by atoms with van der Waals surface area (Å²) in [7, 11) is 0. The minimum absolute atomic E-state index is 0.00919. The van der Waals surface area contributed by atoms with Gasteiger partial charge in [0.2, 0.25) is 5.91 Å². The monoisotopic (exact) mass is 546 g/mol. The van der Waals surface area contributed by atoms with Gasteiger partial charge in [-0.1, -0.05) is 36.4 Å². The number of thiazole rings is 1. The fourth-order valence-electron chi connectivity index (χ4n) is 4.47. The Morgan fingerprint density at radius 2 is 1.76 bits per heavy atom. The van der Waals surface area contributed by atoms with Gasteiger partial charge >= 0.3 is 5.97 Å². The summed E-state index contributed by atoms with van der Waals surface area (Å²) in [4.78, 5) is 31.4. The molecule has 7 nitrogen and oxygen atoms in total. The highest BCUT2D eigenvalue weighted by molar-refractivity contribution is 7.09. The summed E-state index contributed by atoms with van der Waals surface area (Å²) < 4.78 is 58.5.